The highest BCUT2D eigenvalue weighted by Crippen LogP contribution is 2.12. The molecule has 2 rings (SSSR count). The number of hydrogen-bond donors (Lipinski definition) is 2. The molecule has 1 saturated heterocycles. The van der Waals surface area contributed by atoms with Crippen LogP contribution in [0.1, 0.15) is 37.8 Å². The third-order valence-electron chi connectivity index (χ3n) is 4.65. The van der Waals surface area contributed by atoms with E-state index in [9.17, 15) is 0 Å². The maximum atomic E-state index is 4.36. The van der Waals surface area contributed by atoms with E-state index in [0.717, 1.165) is 18.9 Å². The van der Waals surface area contributed by atoms with Crippen LogP contribution < -0.4 is 10.6 Å². The first-order chi connectivity index (χ1) is 11.1. The van der Waals surface area contributed by atoms with Crippen molar-refractivity contribution < 1.29 is 0 Å². The van der Waals surface area contributed by atoms with E-state index in [1.165, 1.54) is 37.1 Å². The summed E-state index contributed by atoms with van der Waals surface area (Å²) in [5.41, 5.74) is 2.68. The van der Waals surface area contributed by atoms with E-state index in [-0.39, 0.29) is 0 Å². The Bertz CT molecular complexity index is 485. The summed E-state index contributed by atoms with van der Waals surface area (Å²) in [5.74, 6) is 0.931. The quantitative estimate of drug-likeness (QED) is 0.648. The largest absolute Gasteiger partial charge is 0.356 e. The van der Waals surface area contributed by atoms with Crippen LogP contribution in [0, 0.1) is 6.92 Å². The molecule has 1 aromatic rings. The van der Waals surface area contributed by atoms with Crippen molar-refractivity contribution in [2.45, 2.75) is 52.1 Å². The zero-order chi connectivity index (χ0) is 16.7. The first kappa shape index (κ1) is 17.8. The van der Waals surface area contributed by atoms with Gasteiger partial charge in [-0.25, -0.2) is 0 Å². The van der Waals surface area contributed by atoms with Gasteiger partial charge in [0.05, 0.1) is 0 Å². The fourth-order valence-electron chi connectivity index (χ4n) is 3.03. The minimum Gasteiger partial charge on any atom is -0.356 e. The Morgan fingerprint density at radius 3 is 2.43 bits per heavy atom. The van der Waals surface area contributed by atoms with Gasteiger partial charge in [-0.1, -0.05) is 29.8 Å². The van der Waals surface area contributed by atoms with E-state index in [2.05, 4.69) is 65.6 Å². The van der Waals surface area contributed by atoms with Gasteiger partial charge in [-0.15, -0.1) is 0 Å². The summed E-state index contributed by atoms with van der Waals surface area (Å²) >= 11 is 0. The maximum absolute atomic E-state index is 4.36. The molecule has 0 unspecified atom stereocenters. The first-order valence-corrected chi connectivity index (χ1v) is 8.85. The van der Waals surface area contributed by atoms with E-state index in [4.69, 9.17) is 0 Å². The highest BCUT2D eigenvalue weighted by atomic mass is 15.2. The molecular formula is C19H32N4. The number of nitrogens with zero attached hydrogens (tertiary/aromatic N) is 2. The summed E-state index contributed by atoms with van der Waals surface area (Å²) in [5, 5.41) is 7.01. The second-order valence-corrected chi connectivity index (χ2v) is 6.78. The van der Waals surface area contributed by atoms with Gasteiger partial charge in [-0.05, 0) is 45.6 Å². The van der Waals surface area contributed by atoms with Crippen molar-refractivity contribution in [1.82, 2.24) is 15.5 Å². The number of aliphatic imine (C=N–C) groups is 1. The first-order valence-electron chi connectivity index (χ1n) is 8.85. The van der Waals surface area contributed by atoms with Gasteiger partial charge in [0.15, 0.2) is 5.96 Å². The molecule has 0 saturated carbocycles. The van der Waals surface area contributed by atoms with Crippen molar-refractivity contribution in [3.05, 3.63) is 35.4 Å². The van der Waals surface area contributed by atoms with Crippen molar-refractivity contribution in [3.63, 3.8) is 0 Å². The predicted octanol–water partition coefficient (Wildman–Crippen LogP) is 2.58. The minimum atomic E-state index is 0.538. The number of benzene rings is 1. The predicted molar refractivity (Wildman–Crippen MR) is 99.1 cm³/mol. The number of nitrogens with one attached hydrogen (secondary N) is 2. The number of hydrogen-bond acceptors (Lipinski definition) is 2. The summed E-state index contributed by atoms with van der Waals surface area (Å²) in [6, 6.07) is 9.94. The van der Waals surface area contributed by atoms with Crippen LogP contribution in [0.3, 0.4) is 0 Å². The lowest BCUT2D eigenvalue weighted by Crippen LogP contribution is -2.50. The Hall–Kier alpha value is -1.55. The van der Waals surface area contributed by atoms with Gasteiger partial charge in [0, 0.05) is 38.8 Å². The van der Waals surface area contributed by atoms with Crippen LogP contribution in [0.25, 0.3) is 0 Å². The second kappa shape index (κ2) is 8.92. The van der Waals surface area contributed by atoms with Crippen LogP contribution in [0.5, 0.6) is 0 Å². The molecular weight excluding hydrogens is 284 g/mol. The second-order valence-electron chi connectivity index (χ2n) is 6.78. The molecule has 1 aromatic carbocycles. The van der Waals surface area contributed by atoms with Gasteiger partial charge in [0.1, 0.15) is 0 Å². The molecule has 0 radical (unpaired) electrons. The normalized spacial score (nSPS) is 17.5. The summed E-state index contributed by atoms with van der Waals surface area (Å²) < 4.78 is 0. The summed E-state index contributed by atoms with van der Waals surface area (Å²) in [4.78, 5) is 6.91. The Balaban J connectivity index is 1.70. The molecule has 0 atom stereocenters. The number of aryl methyl sites for hydroxylation is 1. The Labute approximate surface area is 141 Å². The van der Waals surface area contributed by atoms with Gasteiger partial charge in [0.2, 0.25) is 0 Å². The molecule has 1 fully saturated rings. The van der Waals surface area contributed by atoms with Gasteiger partial charge in [-0.2, -0.15) is 0 Å². The standard InChI is InChI=1S/C19H32N4/c1-15(2)23-13-10-18(11-14-23)22-19(20-4)21-12-9-17-7-5-16(3)6-8-17/h5-8,15,18H,9-14H2,1-4H3,(H2,20,21,22). The third-order valence-corrected chi connectivity index (χ3v) is 4.65. The molecule has 128 valence electrons. The van der Waals surface area contributed by atoms with Crippen LogP contribution >= 0.6 is 0 Å². The number of piperidine rings is 1. The fourth-order valence-corrected chi connectivity index (χ4v) is 3.03. The van der Waals surface area contributed by atoms with Crippen LogP contribution in [-0.4, -0.2) is 49.6 Å². The van der Waals surface area contributed by atoms with Gasteiger partial charge in [-0.3, -0.25) is 4.99 Å². The lowest BCUT2D eigenvalue weighted by Gasteiger charge is -2.35. The van der Waals surface area contributed by atoms with Gasteiger partial charge < -0.3 is 15.5 Å². The highest BCUT2D eigenvalue weighted by molar-refractivity contribution is 5.79. The van der Waals surface area contributed by atoms with E-state index in [1.807, 2.05) is 7.05 Å². The smallest absolute Gasteiger partial charge is 0.191 e. The third kappa shape index (κ3) is 5.87. The van der Waals surface area contributed by atoms with E-state index < -0.39 is 0 Å². The molecule has 4 heteroatoms. The van der Waals surface area contributed by atoms with Gasteiger partial charge in [0.25, 0.3) is 0 Å². The average Bonchev–Trinajstić information content (AvgIpc) is 2.56. The van der Waals surface area contributed by atoms with Crippen molar-refractivity contribution in [3.8, 4) is 0 Å². The number of rotatable bonds is 5. The van der Waals surface area contributed by atoms with Gasteiger partial charge >= 0.3 is 0 Å². The molecule has 1 aliphatic heterocycles. The van der Waals surface area contributed by atoms with Crippen LogP contribution in [0.15, 0.2) is 29.3 Å². The molecule has 0 aromatic heterocycles. The molecule has 4 nitrogen and oxygen atoms in total. The van der Waals surface area contributed by atoms with Crippen molar-refractivity contribution >= 4 is 5.96 Å². The zero-order valence-electron chi connectivity index (χ0n) is 15.1. The Morgan fingerprint density at radius 1 is 1.22 bits per heavy atom. The van der Waals surface area contributed by atoms with E-state index >= 15 is 0 Å². The van der Waals surface area contributed by atoms with Crippen molar-refractivity contribution in [1.29, 1.82) is 0 Å². The molecule has 0 amide bonds. The van der Waals surface area contributed by atoms with Crippen LogP contribution in [-0.2, 0) is 6.42 Å². The Kier molecular flexibility index (Phi) is 6.90. The topological polar surface area (TPSA) is 39.7 Å². The maximum Gasteiger partial charge on any atom is 0.191 e. The minimum absolute atomic E-state index is 0.538. The average molecular weight is 316 g/mol. The molecule has 23 heavy (non-hydrogen) atoms. The van der Waals surface area contributed by atoms with E-state index in [0.29, 0.717) is 12.1 Å². The Morgan fingerprint density at radius 2 is 1.87 bits per heavy atom. The zero-order valence-corrected chi connectivity index (χ0v) is 15.1. The highest BCUT2D eigenvalue weighted by Gasteiger charge is 2.21. The molecule has 0 aliphatic carbocycles. The van der Waals surface area contributed by atoms with Crippen molar-refractivity contribution in [2.24, 2.45) is 4.99 Å². The van der Waals surface area contributed by atoms with Crippen molar-refractivity contribution in [2.75, 3.05) is 26.7 Å². The lowest BCUT2D eigenvalue weighted by atomic mass is 10.0. The summed E-state index contributed by atoms with van der Waals surface area (Å²) in [6.07, 6.45) is 3.40. The molecule has 0 bridgehead atoms. The monoisotopic (exact) mass is 316 g/mol. The molecule has 1 aliphatic rings. The molecule has 2 N–H and O–H groups in total. The number of guanidine groups is 1. The summed E-state index contributed by atoms with van der Waals surface area (Å²) in [6.45, 7) is 9.94. The SMILES string of the molecule is CN=C(NCCc1ccc(C)cc1)NC1CCN(C(C)C)CC1. The number of likely N-dealkylation sites (tertiary alicyclic amines) is 1. The van der Waals surface area contributed by atoms with E-state index in [1.54, 1.807) is 0 Å². The van der Waals surface area contributed by atoms with Crippen LogP contribution in [0.2, 0.25) is 0 Å². The fraction of sp³-hybridized carbons (Fsp3) is 0.632. The molecule has 1 heterocycles. The lowest BCUT2D eigenvalue weighted by molar-refractivity contribution is 0.167. The summed E-state index contributed by atoms with van der Waals surface area (Å²) in [7, 11) is 1.85. The molecule has 0 spiro atoms. The van der Waals surface area contributed by atoms with Crippen LogP contribution in [0.4, 0.5) is 0 Å².